The molecule has 1 amide bonds. The molecule has 5 N–H and O–H groups in total. The standard InChI is InChI=1S/C20H18N6O2/c1-28-17-10-13(19(22)27)4-8-16(17)23-20-24-18-9-5-14(11-26(18)25-20)12-2-6-15(21)7-3-12/h2-11H,21H2,1H3,(H2,22,27)(H,23,25). The Labute approximate surface area is 160 Å². The van der Waals surface area contributed by atoms with Crippen LogP contribution in [0.1, 0.15) is 10.4 Å². The largest absolute Gasteiger partial charge is 0.495 e. The third kappa shape index (κ3) is 3.30. The highest BCUT2D eigenvalue weighted by atomic mass is 16.5. The third-order valence-corrected chi connectivity index (χ3v) is 4.31. The molecule has 8 nitrogen and oxygen atoms in total. The fourth-order valence-corrected chi connectivity index (χ4v) is 2.85. The van der Waals surface area contributed by atoms with E-state index in [1.165, 1.54) is 7.11 Å². The van der Waals surface area contributed by atoms with Crippen LogP contribution in [0.4, 0.5) is 17.3 Å². The topological polar surface area (TPSA) is 121 Å². The summed E-state index contributed by atoms with van der Waals surface area (Å²) in [6, 6.07) is 16.4. The average molecular weight is 374 g/mol. The molecule has 0 aliphatic heterocycles. The van der Waals surface area contributed by atoms with Gasteiger partial charge in [-0.3, -0.25) is 4.79 Å². The van der Waals surface area contributed by atoms with Crippen molar-refractivity contribution in [1.29, 1.82) is 0 Å². The summed E-state index contributed by atoms with van der Waals surface area (Å²) < 4.78 is 7.02. The van der Waals surface area contributed by atoms with E-state index in [1.54, 1.807) is 22.7 Å². The van der Waals surface area contributed by atoms with Crippen LogP contribution < -0.4 is 21.5 Å². The number of nitrogens with two attached hydrogens (primary N) is 2. The molecular weight excluding hydrogens is 356 g/mol. The number of aromatic nitrogens is 3. The number of hydrogen-bond acceptors (Lipinski definition) is 6. The summed E-state index contributed by atoms with van der Waals surface area (Å²) in [5, 5.41) is 7.58. The molecule has 8 heteroatoms. The van der Waals surface area contributed by atoms with E-state index in [4.69, 9.17) is 16.2 Å². The first-order chi connectivity index (χ1) is 13.5. The number of ether oxygens (including phenoxy) is 1. The van der Waals surface area contributed by atoms with Crippen LogP contribution in [0, 0.1) is 0 Å². The maximum Gasteiger partial charge on any atom is 0.248 e. The van der Waals surface area contributed by atoms with Crippen molar-refractivity contribution in [2.45, 2.75) is 0 Å². The van der Waals surface area contributed by atoms with Crippen molar-refractivity contribution >= 4 is 28.9 Å². The predicted molar refractivity (Wildman–Crippen MR) is 108 cm³/mol. The first-order valence-corrected chi connectivity index (χ1v) is 8.51. The van der Waals surface area contributed by atoms with Crippen LogP contribution in [-0.4, -0.2) is 27.6 Å². The predicted octanol–water partition coefficient (Wildman–Crippen LogP) is 2.83. The number of primary amides is 1. The van der Waals surface area contributed by atoms with Crippen molar-refractivity contribution in [3.8, 4) is 16.9 Å². The van der Waals surface area contributed by atoms with Crippen LogP contribution in [0.5, 0.6) is 5.75 Å². The summed E-state index contributed by atoms with van der Waals surface area (Å²) in [4.78, 5) is 15.8. The second kappa shape index (κ2) is 6.92. The molecule has 0 spiro atoms. The second-order valence-electron chi connectivity index (χ2n) is 6.18. The van der Waals surface area contributed by atoms with Gasteiger partial charge in [-0.2, -0.15) is 4.98 Å². The number of nitrogen functional groups attached to an aromatic ring is 1. The van der Waals surface area contributed by atoms with Gasteiger partial charge in [0.1, 0.15) is 5.75 Å². The minimum atomic E-state index is -0.522. The molecule has 0 saturated carbocycles. The maximum atomic E-state index is 11.3. The Balaban J connectivity index is 1.65. The van der Waals surface area contributed by atoms with Gasteiger partial charge in [-0.25, -0.2) is 4.52 Å². The Kier molecular flexibility index (Phi) is 4.29. The molecule has 4 aromatic rings. The zero-order valence-electron chi connectivity index (χ0n) is 15.1. The Hall–Kier alpha value is -4.07. The van der Waals surface area contributed by atoms with Gasteiger partial charge in [-0.1, -0.05) is 12.1 Å². The first-order valence-electron chi connectivity index (χ1n) is 8.51. The Morgan fingerprint density at radius 2 is 1.82 bits per heavy atom. The summed E-state index contributed by atoms with van der Waals surface area (Å²) in [6.45, 7) is 0. The molecule has 0 aliphatic rings. The molecule has 0 saturated heterocycles. The molecule has 0 fully saturated rings. The van der Waals surface area contributed by atoms with E-state index in [9.17, 15) is 4.79 Å². The maximum absolute atomic E-state index is 11.3. The monoisotopic (exact) mass is 374 g/mol. The van der Waals surface area contributed by atoms with E-state index in [0.29, 0.717) is 34.3 Å². The van der Waals surface area contributed by atoms with Crippen LogP contribution in [0.2, 0.25) is 0 Å². The number of amides is 1. The molecule has 2 aromatic heterocycles. The van der Waals surface area contributed by atoms with Gasteiger partial charge in [0.25, 0.3) is 0 Å². The smallest absolute Gasteiger partial charge is 0.248 e. The van der Waals surface area contributed by atoms with Crippen molar-refractivity contribution in [1.82, 2.24) is 14.6 Å². The highest BCUT2D eigenvalue weighted by Gasteiger charge is 2.11. The number of nitrogens with one attached hydrogen (secondary N) is 1. The van der Waals surface area contributed by atoms with Crippen LogP contribution in [0.3, 0.4) is 0 Å². The lowest BCUT2D eigenvalue weighted by atomic mass is 10.1. The molecule has 4 rings (SSSR count). The SMILES string of the molecule is COc1cc(C(N)=O)ccc1Nc1nc2ccc(-c3ccc(N)cc3)cn2n1. The summed E-state index contributed by atoms with van der Waals surface area (Å²) in [6.07, 6.45) is 1.90. The number of rotatable bonds is 5. The minimum Gasteiger partial charge on any atom is -0.495 e. The number of carbonyl (C=O) groups excluding carboxylic acids is 1. The van der Waals surface area contributed by atoms with E-state index in [1.807, 2.05) is 42.6 Å². The van der Waals surface area contributed by atoms with Crippen molar-refractivity contribution in [3.63, 3.8) is 0 Å². The van der Waals surface area contributed by atoms with Crippen molar-refractivity contribution in [2.75, 3.05) is 18.2 Å². The highest BCUT2D eigenvalue weighted by Crippen LogP contribution is 2.28. The number of carbonyl (C=O) groups is 1. The number of benzene rings is 2. The quantitative estimate of drug-likeness (QED) is 0.462. The average Bonchev–Trinajstić information content (AvgIpc) is 3.10. The van der Waals surface area contributed by atoms with Gasteiger partial charge in [-0.05, 0) is 48.0 Å². The molecule has 0 radical (unpaired) electrons. The summed E-state index contributed by atoms with van der Waals surface area (Å²) in [7, 11) is 1.52. The molecule has 0 bridgehead atoms. The third-order valence-electron chi connectivity index (χ3n) is 4.31. The van der Waals surface area contributed by atoms with Gasteiger partial charge in [0.2, 0.25) is 11.9 Å². The van der Waals surface area contributed by atoms with Crippen LogP contribution in [0.15, 0.2) is 60.8 Å². The van der Waals surface area contributed by atoms with Gasteiger partial charge >= 0.3 is 0 Å². The van der Waals surface area contributed by atoms with Crippen molar-refractivity contribution in [3.05, 3.63) is 66.4 Å². The molecule has 28 heavy (non-hydrogen) atoms. The van der Waals surface area contributed by atoms with Crippen LogP contribution in [-0.2, 0) is 0 Å². The lowest BCUT2D eigenvalue weighted by molar-refractivity contribution is 0.1000. The van der Waals surface area contributed by atoms with Gasteiger partial charge in [0, 0.05) is 23.0 Å². The zero-order chi connectivity index (χ0) is 19.7. The van der Waals surface area contributed by atoms with Crippen molar-refractivity contribution in [2.24, 2.45) is 5.73 Å². The number of nitrogens with zero attached hydrogens (tertiary/aromatic N) is 3. The molecule has 2 heterocycles. The number of pyridine rings is 1. The summed E-state index contributed by atoms with van der Waals surface area (Å²) >= 11 is 0. The normalized spacial score (nSPS) is 10.8. The fourth-order valence-electron chi connectivity index (χ4n) is 2.85. The number of anilines is 3. The van der Waals surface area contributed by atoms with Gasteiger partial charge in [0.15, 0.2) is 5.65 Å². The van der Waals surface area contributed by atoms with Gasteiger partial charge in [-0.15, -0.1) is 5.10 Å². The molecule has 0 unspecified atom stereocenters. The van der Waals surface area contributed by atoms with E-state index in [0.717, 1.165) is 11.1 Å². The molecule has 2 aromatic carbocycles. The second-order valence-corrected chi connectivity index (χ2v) is 6.18. The van der Waals surface area contributed by atoms with Gasteiger partial charge < -0.3 is 21.5 Å². The number of hydrogen-bond donors (Lipinski definition) is 3. The Bertz CT molecular complexity index is 1170. The van der Waals surface area contributed by atoms with Crippen LogP contribution in [0.25, 0.3) is 16.8 Å². The number of fused-ring (bicyclic) bond motifs is 1. The van der Waals surface area contributed by atoms with E-state index >= 15 is 0 Å². The number of methoxy groups -OCH3 is 1. The van der Waals surface area contributed by atoms with E-state index < -0.39 is 5.91 Å². The molecule has 0 aliphatic carbocycles. The van der Waals surface area contributed by atoms with Gasteiger partial charge in [0.05, 0.1) is 12.8 Å². The Morgan fingerprint density at radius 1 is 1.07 bits per heavy atom. The van der Waals surface area contributed by atoms with Crippen LogP contribution >= 0.6 is 0 Å². The highest BCUT2D eigenvalue weighted by molar-refractivity contribution is 5.94. The fraction of sp³-hybridized carbons (Fsp3) is 0.0500. The summed E-state index contributed by atoms with van der Waals surface area (Å²) in [5.41, 5.74) is 15.5. The van der Waals surface area contributed by atoms with E-state index in [2.05, 4.69) is 15.4 Å². The van der Waals surface area contributed by atoms with Crippen molar-refractivity contribution < 1.29 is 9.53 Å². The summed E-state index contributed by atoms with van der Waals surface area (Å²) in [5.74, 6) is 0.350. The molecular formula is C20H18N6O2. The molecule has 0 atom stereocenters. The minimum absolute atomic E-state index is 0.360. The molecule has 140 valence electrons. The lowest BCUT2D eigenvalue weighted by Crippen LogP contribution is -2.11. The first kappa shape index (κ1) is 17.3. The zero-order valence-corrected chi connectivity index (χ0v) is 15.1. The Morgan fingerprint density at radius 3 is 2.54 bits per heavy atom. The van der Waals surface area contributed by atoms with E-state index in [-0.39, 0.29) is 0 Å². The lowest BCUT2D eigenvalue weighted by Gasteiger charge is -2.09.